The van der Waals surface area contributed by atoms with E-state index in [1.165, 1.54) is 31.4 Å². The largest absolute Gasteiger partial charge is 0.385 e. The van der Waals surface area contributed by atoms with E-state index in [-0.39, 0.29) is 40.8 Å². The highest BCUT2D eigenvalue weighted by molar-refractivity contribution is 14.0. The number of methoxy groups -OCH3 is 1. The number of rotatable bonds is 11. The third-order valence-corrected chi connectivity index (χ3v) is 6.68. The first kappa shape index (κ1) is 26.4. The second-order valence-corrected chi connectivity index (χ2v) is 9.28. The van der Waals surface area contributed by atoms with Crippen LogP contribution in [0.4, 0.5) is 0 Å². The summed E-state index contributed by atoms with van der Waals surface area (Å²) in [6.07, 6.45) is 4.62. The van der Waals surface area contributed by atoms with E-state index in [1.807, 2.05) is 6.92 Å². The average Bonchev–Trinajstić information content (AvgIpc) is 2.64. The van der Waals surface area contributed by atoms with Crippen LogP contribution < -0.4 is 15.4 Å². The fourth-order valence-electron chi connectivity index (χ4n) is 3.15. The number of hydrogen-bond acceptors (Lipinski definition) is 4. The van der Waals surface area contributed by atoms with Gasteiger partial charge in [-0.3, -0.25) is 4.99 Å². The van der Waals surface area contributed by atoms with Crippen LogP contribution in [-0.2, 0) is 14.8 Å². The first-order valence-corrected chi connectivity index (χ1v) is 11.5. The number of hydrogen-bond donors (Lipinski definition) is 3. The number of aliphatic imine (C=N–C) groups is 1. The molecule has 0 aromatic heterocycles. The molecule has 0 aliphatic heterocycles. The summed E-state index contributed by atoms with van der Waals surface area (Å²) in [5, 5.41) is 6.79. The van der Waals surface area contributed by atoms with Gasteiger partial charge >= 0.3 is 0 Å². The average molecular weight is 559 g/mol. The Balaban J connectivity index is 0.00000420. The van der Waals surface area contributed by atoms with Gasteiger partial charge in [0.25, 0.3) is 0 Å². The quantitative estimate of drug-likeness (QED) is 0.168. The summed E-state index contributed by atoms with van der Waals surface area (Å²) in [7, 11) is -1.85. The molecule has 1 aliphatic rings. The third kappa shape index (κ3) is 8.56. The molecule has 2 rings (SSSR count). The molecule has 10 heteroatoms. The molecule has 0 unspecified atom stereocenters. The number of benzene rings is 1. The van der Waals surface area contributed by atoms with Gasteiger partial charge in [0.2, 0.25) is 10.0 Å². The van der Waals surface area contributed by atoms with Crippen LogP contribution in [0.1, 0.15) is 32.6 Å². The maximum absolute atomic E-state index is 12.3. The molecular formula is C19H32ClIN4O3S. The van der Waals surface area contributed by atoms with Crippen LogP contribution in [0, 0.1) is 5.41 Å². The standard InChI is InChI=1S/C19H31ClN4O3S.HI/c1-3-21-18(23-15-19(8-5-9-19)10-13-27-2)22-11-12-24-28(25,26)17-7-4-6-16(20)14-17;/h4,6-7,14,24H,3,5,8-13,15H2,1-2H3,(H2,21,22,23);1H. The number of nitrogens with one attached hydrogen (secondary N) is 3. The topological polar surface area (TPSA) is 91.8 Å². The Kier molecular flexibility index (Phi) is 11.8. The lowest BCUT2D eigenvalue weighted by molar-refractivity contribution is 0.0778. The number of nitrogens with zero attached hydrogens (tertiary/aromatic N) is 1. The molecule has 0 amide bonds. The van der Waals surface area contributed by atoms with Crippen molar-refractivity contribution in [2.24, 2.45) is 10.4 Å². The van der Waals surface area contributed by atoms with E-state index in [0.717, 1.165) is 26.1 Å². The lowest BCUT2D eigenvalue weighted by Gasteiger charge is -2.40. The van der Waals surface area contributed by atoms with Gasteiger partial charge in [-0.25, -0.2) is 13.1 Å². The van der Waals surface area contributed by atoms with Crippen LogP contribution in [0.15, 0.2) is 34.2 Å². The monoisotopic (exact) mass is 558 g/mol. The van der Waals surface area contributed by atoms with E-state index in [2.05, 4.69) is 15.4 Å². The molecule has 1 aliphatic carbocycles. The summed E-state index contributed by atoms with van der Waals surface area (Å²) in [5.41, 5.74) is 0.243. The van der Waals surface area contributed by atoms with Crippen LogP contribution >= 0.6 is 35.6 Å². The van der Waals surface area contributed by atoms with Crippen molar-refractivity contribution >= 4 is 51.6 Å². The zero-order valence-electron chi connectivity index (χ0n) is 17.0. The fourth-order valence-corrected chi connectivity index (χ4v) is 4.49. The van der Waals surface area contributed by atoms with E-state index >= 15 is 0 Å². The molecule has 3 N–H and O–H groups in total. The van der Waals surface area contributed by atoms with Crippen molar-refractivity contribution in [1.29, 1.82) is 0 Å². The molecule has 0 saturated heterocycles. The van der Waals surface area contributed by atoms with Gasteiger partial charge in [-0.05, 0) is 49.8 Å². The summed E-state index contributed by atoms with van der Waals surface area (Å²) in [6.45, 7) is 4.92. The van der Waals surface area contributed by atoms with Crippen molar-refractivity contribution < 1.29 is 13.2 Å². The van der Waals surface area contributed by atoms with Crippen molar-refractivity contribution in [3.63, 3.8) is 0 Å². The molecule has 0 atom stereocenters. The Bertz CT molecular complexity index is 758. The van der Waals surface area contributed by atoms with Crippen LogP contribution in [0.3, 0.4) is 0 Å². The minimum atomic E-state index is -3.58. The second-order valence-electron chi connectivity index (χ2n) is 7.07. The van der Waals surface area contributed by atoms with Gasteiger partial charge < -0.3 is 15.4 Å². The first-order chi connectivity index (χ1) is 13.4. The maximum atomic E-state index is 12.3. The minimum Gasteiger partial charge on any atom is -0.385 e. The van der Waals surface area contributed by atoms with Crippen molar-refractivity contribution in [1.82, 2.24) is 15.4 Å². The highest BCUT2D eigenvalue weighted by Crippen LogP contribution is 2.44. The van der Waals surface area contributed by atoms with Gasteiger partial charge in [-0.15, -0.1) is 24.0 Å². The van der Waals surface area contributed by atoms with Crippen molar-refractivity contribution in [2.45, 2.75) is 37.5 Å². The van der Waals surface area contributed by atoms with E-state index in [4.69, 9.17) is 21.3 Å². The SMILES string of the molecule is CCNC(=NCC1(CCOC)CCC1)NCCNS(=O)(=O)c1cccc(Cl)c1.I. The zero-order valence-corrected chi connectivity index (χ0v) is 20.9. The Morgan fingerprint density at radius 1 is 1.28 bits per heavy atom. The molecule has 0 heterocycles. The summed E-state index contributed by atoms with van der Waals surface area (Å²) in [6, 6.07) is 6.21. The van der Waals surface area contributed by atoms with E-state index in [0.29, 0.717) is 17.5 Å². The molecule has 1 aromatic carbocycles. The van der Waals surface area contributed by atoms with Gasteiger partial charge in [0.1, 0.15) is 0 Å². The van der Waals surface area contributed by atoms with Gasteiger partial charge in [-0.2, -0.15) is 0 Å². The number of ether oxygens (including phenoxy) is 1. The van der Waals surface area contributed by atoms with Crippen molar-refractivity contribution in [3.05, 3.63) is 29.3 Å². The van der Waals surface area contributed by atoms with Crippen molar-refractivity contribution in [3.8, 4) is 0 Å². The van der Waals surface area contributed by atoms with E-state index < -0.39 is 10.0 Å². The molecular weight excluding hydrogens is 527 g/mol. The zero-order chi connectivity index (χ0) is 20.5. The summed E-state index contributed by atoms with van der Waals surface area (Å²) >= 11 is 5.87. The highest BCUT2D eigenvalue weighted by Gasteiger charge is 2.36. The van der Waals surface area contributed by atoms with Crippen LogP contribution in [0.2, 0.25) is 5.02 Å². The van der Waals surface area contributed by atoms with E-state index in [9.17, 15) is 8.42 Å². The normalized spacial score (nSPS) is 15.9. The van der Waals surface area contributed by atoms with Crippen LogP contribution in [0.25, 0.3) is 0 Å². The Morgan fingerprint density at radius 2 is 2.03 bits per heavy atom. The summed E-state index contributed by atoms with van der Waals surface area (Å²) < 4.78 is 32.4. The molecule has 166 valence electrons. The lowest BCUT2D eigenvalue weighted by Crippen LogP contribution is -2.43. The van der Waals surface area contributed by atoms with E-state index in [1.54, 1.807) is 19.2 Å². The molecule has 7 nitrogen and oxygen atoms in total. The van der Waals surface area contributed by atoms with Crippen LogP contribution in [0.5, 0.6) is 0 Å². The molecule has 29 heavy (non-hydrogen) atoms. The highest BCUT2D eigenvalue weighted by atomic mass is 127. The molecule has 1 saturated carbocycles. The molecule has 1 fully saturated rings. The summed E-state index contributed by atoms with van der Waals surface area (Å²) in [4.78, 5) is 4.87. The van der Waals surface area contributed by atoms with Gasteiger partial charge in [0.05, 0.1) is 4.90 Å². The molecule has 1 aromatic rings. The predicted molar refractivity (Wildman–Crippen MR) is 129 cm³/mol. The van der Waals surface area contributed by atoms with Crippen molar-refractivity contribution in [2.75, 3.05) is 39.9 Å². The van der Waals surface area contributed by atoms with Gasteiger partial charge in [0, 0.05) is 44.9 Å². The smallest absolute Gasteiger partial charge is 0.240 e. The lowest BCUT2D eigenvalue weighted by atomic mass is 9.67. The van der Waals surface area contributed by atoms with Gasteiger partial charge in [-0.1, -0.05) is 24.1 Å². The molecule has 0 spiro atoms. The molecule has 0 radical (unpaired) electrons. The first-order valence-electron chi connectivity index (χ1n) is 9.67. The fraction of sp³-hybridized carbons (Fsp3) is 0.632. The Labute approximate surface area is 196 Å². The Hall–Kier alpha value is -0.620. The van der Waals surface area contributed by atoms with Gasteiger partial charge in [0.15, 0.2) is 5.96 Å². The third-order valence-electron chi connectivity index (χ3n) is 4.98. The summed E-state index contributed by atoms with van der Waals surface area (Å²) in [5.74, 6) is 0.702. The predicted octanol–water partition coefficient (Wildman–Crippen LogP) is 3.00. The second kappa shape index (κ2) is 12.9. The number of sulfonamides is 1. The van der Waals surface area contributed by atoms with Crippen LogP contribution in [-0.4, -0.2) is 54.3 Å². The maximum Gasteiger partial charge on any atom is 0.240 e. The minimum absolute atomic E-state index is 0. The molecule has 0 bridgehead atoms. The number of halogens is 2. The number of guanidine groups is 1. The Morgan fingerprint density at radius 3 is 2.62 bits per heavy atom.